The first-order chi connectivity index (χ1) is 15.4. The molecule has 0 radical (unpaired) electrons. The molecule has 32 heavy (non-hydrogen) atoms. The van der Waals surface area contributed by atoms with E-state index < -0.39 is 5.60 Å². The number of carbonyl (C=O) groups is 1. The molecule has 5 aliphatic rings. The van der Waals surface area contributed by atoms with E-state index >= 15 is 0 Å². The van der Waals surface area contributed by atoms with Crippen LogP contribution in [0.15, 0.2) is 0 Å². The number of aromatic nitrogens is 4. The van der Waals surface area contributed by atoms with E-state index in [-0.39, 0.29) is 17.4 Å². The van der Waals surface area contributed by atoms with Crippen molar-refractivity contribution in [2.45, 2.75) is 90.4 Å². The normalized spacial score (nSPS) is 49.0. The maximum atomic E-state index is 13.3. The van der Waals surface area contributed by atoms with Gasteiger partial charge in [0.1, 0.15) is 12.4 Å². The van der Waals surface area contributed by atoms with Crippen molar-refractivity contribution in [3.05, 3.63) is 5.82 Å². The first-order valence-corrected chi connectivity index (χ1v) is 13.0. The number of ketones is 1. The summed E-state index contributed by atoms with van der Waals surface area (Å²) in [5, 5.41) is 22.8. The summed E-state index contributed by atoms with van der Waals surface area (Å²) in [5.74, 6) is 5.09. The van der Waals surface area contributed by atoms with E-state index in [1.165, 1.54) is 25.7 Å². The van der Waals surface area contributed by atoms with Crippen LogP contribution in [0.3, 0.4) is 0 Å². The first kappa shape index (κ1) is 21.2. The number of aliphatic hydroxyl groups is 1. The lowest BCUT2D eigenvalue weighted by Crippen LogP contribution is -2.50. The largest absolute Gasteiger partial charge is 0.387 e. The monoisotopic (exact) mass is 442 g/mol. The van der Waals surface area contributed by atoms with E-state index in [9.17, 15) is 9.90 Å². The van der Waals surface area contributed by atoms with Crippen LogP contribution >= 0.6 is 0 Å². The zero-order valence-corrected chi connectivity index (χ0v) is 19.7. The number of hydrogen-bond donors (Lipinski definition) is 1. The third-order valence-corrected chi connectivity index (χ3v) is 10.8. The molecule has 10 atom stereocenters. The van der Waals surface area contributed by atoms with Gasteiger partial charge in [0.25, 0.3) is 0 Å². The Morgan fingerprint density at radius 3 is 2.59 bits per heavy atom. The minimum atomic E-state index is -0.535. The molecular weight excluding hydrogens is 404 g/mol. The minimum absolute atomic E-state index is 0.0797. The molecule has 7 nitrogen and oxygen atoms in total. The van der Waals surface area contributed by atoms with Gasteiger partial charge in [-0.05, 0) is 111 Å². The Kier molecular flexibility index (Phi) is 4.86. The second-order valence-corrected chi connectivity index (χ2v) is 11.8. The Hall–Kier alpha value is -1.34. The van der Waals surface area contributed by atoms with E-state index in [0.29, 0.717) is 42.5 Å². The smallest absolute Gasteiger partial charge is 0.158 e. The predicted molar refractivity (Wildman–Crippen MR) is 117 cm³/mol. The average Bonchev–Trinajstić information content (AvgIpc) is 3.02. The molecule has 5 fully saturated rings. The fourth-order valence-corrected chi connectivity index (χ4v) is 9.39. The number of rotatable bonds is 5. The Morgan fingerprint density at radius 1 is 1.09 bits per heavy atom. The number of carbonyl (C=O) groups excluding carboxylic acids is 1. The summed E-state index contributed by atoms with van der Waals surface area (Å²) in [4.78, 5) is 13.3. The zero-order valence-electron chi connectivity index (χ0n) is 19.7. The van der Waals surface area contributed by atoms with Gasteiger partial charge in [0.05, 0.1) is 11.7 Å². The van der Waals surface area contributed by atoms with Crippen LogP contribution in [0.2, 0.25) is 0 Å². The number of Topliss-reactive ketones (excluding diaryl/α,β-unsaturated/α-hetero) is 1. The number of nitrogens with zero attached hydrogens (tertiary/aromatic N) is 4. The highest BCUT2D eigenvalue weighted by Crippen LogP contribution is 2.69. The van der Waals surface area contributed by atoms with E-state index in [2.05, 4.69) is 22.4 Å². The van der Waals surface area contributed by atoms with Crippen LogP contribution in [0.25, 0.3) is 0 Å². The van der Waals surface area contributed by atoms with Gasteiger partial charge in [0, 0.05) is 18.4 Å². The van der Waals surface area contributed by atoms with Crippen LogP contribution in [0.1, 0.15) is 71.0 Å². The highest BCUT2D eigenvalue weighted by atomic mass is 16.5. The maximum Gasteiger partial charge on any atom is 0.158 e. The van der Waals surface area contributed by atoms with Crippen molar-refractivity contribution in [1.29, 1.82) is 0 Å². The number of aryl methyl sites for hydroxylation is 1. The number of hydrogen-bond acceptors (Lipinski definition) is 6. The SMILES string of the molecule is CCOC1C2[C@@H]3CC[C@@H]4[C@H](CC[C@]5(C)[C@@H](C(=O)Cn6nnnc6C)CC[C@@H]45)[C@H]3CC[C@]12O. The van der Waals surface area contributed by atoms with Crippen molar-refractivity contribution in [1.82, 2.24) is 20.2 Å². The van der Waals surface area contributed by atoms with E-state index in [4.69, 9.17) is 4.74 Å². The first-order valence-electron chi connectivity index (χ1n) is 13.0. The molecule has 0 saturated heterocycles. The molecule has 5 aliphatic carbocycles. The molecule has 0 amide bonds. The van der Waals surface area contributed by atoms with Gasteiger partial charge in [-0.3, -0.25) is 4.79 Å². The lowest BCUT2D eigenvalue weighted by molar-refractivity contribution is -0.131. The molecular formula is C25H38N4O3. The van der Waals surface area contributed by atoms with Gasteiger partial charge in [0.2, 0.25) is 0 Å². The fourth-order valence-electron chi connectivity index (χ4n) is 9.39. The van der Waals surface area contributed by atoms with Gasteiger partial charge in [0.15, 0.2) is 5.78 Å². The van der Waals surface area contributed by atoms with E-state index in [0.717, 1.165) is 43.4 Å². The lowest BCUT2D eigenvalue weighted by atomic mass is 9.49. The summed E-state index contributed by atoms with van der Waals surface area (Å²) < 4.78 is 7.62. The number of ether oxygens (including phenoxy) is 1. The third-order valence-electron chi connectivity index (χ3n) is 10.8. The number of fused-ring (bicyclic) bond motifs is 7. The quantitative estimate of drug-likeness (QED) is 0.753. The summed E-state index contributed by atoms with van der Waals surface area (Å²) in [6.45, 7) is 7.32. The van der Waals surface area contributed by atoms with Gasteiger partial charge in [-0.15, -0.1) is 5.10 Å². The summed E-state index contributed by atoms with van der Waals surface area (Å²) >= 11 is 0. The molecule has 5 saturated carbocycles. The van der Waals surface area contributed by atoms with Crippen molar-refractivity contribution in [3.8, 4) is 0 Å². The summed E-state index contributed by atoms with van der Waals surface area (Å²) in [6.07, 6.45) is 9.28. The topological polar surface area (TPSA) is 90.1 Å². The average molecular weight is 443 g/mol. The fraction of sp³-hybridized carbons (Fsp3) is 0.920. The Labute approximate surface area is 190 Å². The molecule has 2 unspecified atom stereocenters. The molecule has 1 aromatic rings. The molecule has 176 valence electrons. The summed E-state index contributed by atoms with van der Waals surface area (Å²) in [6, 6.07) is 0. The van der Waals surface area contributed by atoms with Crippen molar-refractivity contribution < 1.29 is 14.6 Å². The predicted octanol–water partition coefficient (Wildman–Crippen LogP) is 3.20. The molecule has 1 N–H and O–H groups in total. The zero-order chi connectivity index (χ0) is 22.3. The van der Waals surface area contributed by atoms with Crippen molar-refractivity contribution in [2.24, 2.45) is 46.8 Å². The van der Waals surface area contributed by atoms with Crippen LogP contribution in [-0.2, 0) is 16.1 Å². The Balaban J connectivity index is 1.18. The van der Waals surface area contributed by atoms with E-state index in [1.807, 2.05) is 13.8 Å². The van der Waals surface area contributed by atoms with Crippen LogP contribution < -0.4 is 0 Å². The van der Waals surface area contributed by atoms with Crippen LogP contribution in [-0.4, -0.2) is 49.4 Å². The maximum absolute atomic E-state index is 13.3. The standard InChI is InChI=1S/C25H38N4O3/c1-4-32-23-22-18-6-5-17-15(16(18)10-12-25(22,23)31)9-11-24(3)19(17)7-8-20(24)21(30)13-29-14(2)26-27-28-29/h15-20,22-23,31H,4-13H2,1-3H3/t15-,16-,17-,18-,19+,20-,22?,23?,24+,25-/m1/s1. The molecule has 0 aromatic carbocycles. The second kappa shape index (κ2) is 7.33. The molecule has 1 heterocycles. The minimum Gasteiger partial charge on any atom is -0.387 e. The van der Waals surface area contributed by atoms with Crippen molar-refractivity contribution in [2.75, 3.05) is 6.61 Å². The lowest BCUT2D eigenvalue weighted by Gasteiger charge is -2.55. The van der Waals surface area contributed by atoms with Gasteiger partial charge < -0.3 is 9.84 Å². The Morgan fingerprint density at radius 2 is 1.84 bits per heavy atom. The highest BCUT2D eigenvalue weighted by Gasteiger charge is 2.72. The van der Waals surface area contributed by atoms with Gasteiger partial charge in [-0.2, -0.15) is 0 Å². The number of tetrazole rings is 1. The van der Waals surface area contributed by atoms with Crippen molar-refractivity contribution in [3.63, 3.8) is 0 Å². The molecule has 0 bridgehead atoms. The van der Waals surface area contributed by atoms with Gasteiger partial charge in [-0.1, -0.05) is 6.92 Å². The second-order valence-electron chi connectivity index (χ2n) is 11.8. The van der Waals surface area contributed by atoms with Crippen LogP contribution in [0.5, 0.6) is 0 Å². The summed E-state index contributed by atoms with van der Waals surface area (Å²) in [7, 11) is 0. The summed E-state index contributed by atoms with van der Waals surface area (Å²) in [5.41, 5.74) is -0.414. The van der Waals surface area contributed by atoms with Gasteiger partial charge >= 0.3 is 0 Å². The van der Waals surface area contributed by atoms with Gasteiger partial charge in [-0.25, -0.2) is 4.68 Å². The third kappa shape index (κ3) is 2.85. The Bertz CT molecular complexity index is 904. The van der Waals surface area contributed by atoms with Crippen LogP contribution in [0.4, 0.5) is 0 Å². The van der Waals surface area contributed by atoms with E-state index in [1.54, 1.807) is 4.68 Å². The van der Waals surface area contributed by atoms with Crippen LogP contribution in [0, 0.1) is 53.8 Å². The molecule has 0 spiro atoms. The molecule has 1 aromatic heterocycles. The van der Waals surface area contributed by atoms with Crippen molar-refractivity contribution >= 4 is 5.78 Å². The molecule has 7 heteroatoms. The highest BCUT2D eigenvalue weighted by molar-refractivity contribution is 5.82. The molecule has 6 rings (SSSR count). The molecule has 0 aliphatic heterocycles.